The van der Waals surface area contributed by atoms with E-state index in [0.717, 1.165) is 14.6 Å². The number of hydrazone groups is 1. The Morgan fingerprint density at radius 3 is 2.75 bits per heavy atom. The molecule has 0 amide bonds. The van der Waals surface area contributed by atoms with Crippen LogP contribution >= 0.6 is 15.9 Å². The number of rotatable bonds is 5. The smallest absolute Gasteiger partial charge is 0.332 e. The van der Waals surface area contributed by atoms with E-state index >= 15 is 0 Å². The van der Waals surface area contributed by atoms with E-state index < -0.39 is 11.2 Å². The number of nitrogens with zero attached hydrogens (tertiary/aromatic N) is 5. The Bertz CT molecular complexity index is 1230. The normalized spacial score (nSPS) is 11.4. The number of nitrogens with one attached hydrogen (secondary N) is 1. The molecule has 0 aliphatic rings. The molecular formula is C18H19BrN6O3. The summed E-state index contributed by atoms with van der Waals surface area (Å²) >= 11 is 3.34. The molecule has 9 nitrogen and oxygen atoms in total. The second kappa shape index (κ2) is 7.47. The number of phenols is 1. The molecule has 3 rings (SSSR count). The zero-order valence-corrected chi connectivity index (χ0v) is 17.2. The molecule has 0 aliphatic carbocycles. The number of allylic oxidation sites excluding steroid dienone is 1. The van der Waals surface area contributed by atoms with Crippen LogP contribution in [0.3, 0.4) is 0 Å². The Hall–Kier alpha value is -3.14. The van der Waals surface area contributed by atoms with Crippen LogP contribution in [-0.2, 0) is 20.6 Å². The summed E-state index contributed by atoms with van der Waals surface area (Å²) in [6.45, 7) is 6.04. The third-order valence-electron chi connectivity index (χ3n) is 4.13. The van der Waals surface area contributed by atoms with Crippen molar-refractivity contribution < 1.29 is 5.11 Å². The molecule has 0 spiro atoms. The lowest BCUT2D eigenvalue weighted by Crippen LogP contribution is -2.37. The standard InChI is InChI=1S/C18H19BrN6O3/c1-10(2)9-25-14-15(23(3)18(28)24(4)16(14)27)21-17(25)22-20-8-11-7-12(19)5-6-13(11)26/h5-8,26H,1,9H2,2-4H3,(H,21,22)/b20-8+. The Morgan fingerprint density at radius 2 is 2.07 bits per heavy atom. The van der Waals surface area contributed by atoms with Gasteiger partial charge in [-0.25, -0.2) is 10.2 Å². The van der Waals surface area contributed by atoms with Crippen LogP contribution in [0.25, 0.3) is 11.2 Å². The summed E-state index contributed by atoms with van der Waals surface area (Å²) in [6, 6.07) is 4.96. The van der Waals surface area contributed by atoms with Gasteiger partial charge >= 0.3 is 5.69 Å². The minimum Gasteiger partial charge on any atom is -0.507 e. The SMILES string of the molecule is C=C(C)Cn1c(N/N=C/c2cc(Br)ccc2O)nc2c1c(=O)n(C)c(=O)n2C. The molecule has 0 fully saturated rings. The Balaban J connectivity index is 2.11. The molecule has 0 saturated heterocycles. The number of benzene rings is 1. The number of imidazole rings is 1. The third kappa shape index (κ3) is 3.50. The minimum absolute atomic E-state index is 0.0699. The average molecular weight is 447 g/mol. The van der Waals surface area contributed by atoms with Gasteiger partial charge in [-0.15, -0.1) is 0 Å². The first kappa shape index (κ1) is 19.6. The van der Waals surface area contributed by atoms with E-state index in [4.69, 9.17) is 0 Å². The third-order valence-corrected chi connectivity index (χ3v) is 4.63. The van der Waals surface area contributed by atoms with Crippen molar-refractivity contribution in [3.05, 3.63) is 61.2 Å². The van der Waals surface area contributed by atoms with Crippen molar-refractivity contribution in [1.29, 1.82) is 0 Å². The highest BCUT2D eigenvalue weighted by Gasteiger charge is 2.18. The largest absolute Gasteiger partial charge is 0.507 e. The van der Waals surface area contributed by atoms with Gasteiger partial charge in [0.05, 0.1) is 6.21 Å². The van der Waals surface area contributed by atoms with Crippen LogP contribution in [0.15, 0.2) is 49.5 Å². The van der Waals surface area contributed by atoms with Gasteiger partial charge in [0.1, 0.15) is 5.75 Å². The Kier molecular flexibility index (Phi) is 5.23. The van der Waals surface area contributed by atoms with Crippen molar-refractivity contribution >= 4 is 39.3 Å². The molecule has 2 heterocycles. The molecule has 3 aromatic rings. The van der Waals surface area contributed by atoms with Crippen molar-refractivity contribution in [2.24, 2.45) is 19.2 Å². The number of aromatic nitrogens is 4. The van der Waals surface area contributed by atoms with E-state index in [1.54, 1.807) is 29.8 Å². The van der Waals surface area contributed by atoms with Gasteiger partial charge in [-0.1, -0.05) is 28.1 Å². The molecule has 146 valence electrons. The van der Waals surface area contributed by atoms with Gasteiger partial charge in [-0.3, -0.25) is 18.5 Å². The van der Waals surface area contributed by atoms with Gasteiger partial charge in [0.2, 0.25) is 5.95 Å². The highest BCUT2D eigenvalue weighted by molar-refractivity contribution is 9.10. The predicted octanol–water partition coefficient (Wildman–Crippen LogP) is 1.92. The molecule has 10 heteroatoms. The first-order valence-electron chi connectivity index (χ1n) is 8.29. The molecule has 1 aromatic carbocycles. The second-order valence-corrected chi connectivity index (χ2v) is 7.35. The molecule has 0 radical (unpaired) electrons. The Labute approximate surface area is 168 Å². The van der Waals surface area contributed by atoms with Crippen LogP contribution in [0.5, 0.6) is 5.75 Å². The fourth-order valence-corrected chi connectivity index (χ4v) is 3.12. The average Bonchev–Trinajstić information content (AvgIpc) is 2.99. The number of hydrogen-bond donors (Lipinski definition) is 2. The van der Waals surface area contributed by atoms with Crippen molar-refractivity contribution in [2.45, 2.75) is 13.5 Å². The van der Waals surface area contributed by atoms with E-state index in [1.165, 1.54) is 17.8 Å². The van der Waals surface area contributed by atoms with Crippen molar-refractivity contribution in [2.75, 3.05) is 5.43 Å². The van der Waals surface area contributed by atoms with Gasteiger partial charge in [-0.05, 0) is 25.1 Å². The fraction of sp³-hybridized carbons (Fsp3) is 0.222. The van der Waals surface area contributed by atoms with Crippen molar-refractivity contribution in [3.63, 3.8) is 0 Å². The first-order valence-corrected chi connectivity index (χ1v) is 9.08. The van der Waals surface area contributed by atoms with Crippen LogP contribution in [0.1, 0.15) is 12.5 Å². The van der Waals surface area contributed by atoms with Crippen LogP contribution in [-0.4, -0.2) is 30.0 Å². The van der Waals surface area contributed by atoms with E-state index in [0.29, 0.717) is 12.1 Å². The lowest BCUT2D eigenvalue weighted by atomic mass is 10.2. The summed E-state index contributed by atoms with van der Waals surface area (Å²) in [5, 5.41) is 14.0. The van der Waals surface area contributed by atoms with Gasteiger partial charge in [0.15, 0.2) is 11.2 Å². The topological polar surface area (TPSA) is 106 Å². The highest BCUT2D eigenvalue weighted by atomic mass is 79.9. The summed E-state index contributed by atoms with van der Waals surface area (Å²) < 4.78 is 4.75. The quantitative estimate of drug-likeness (QED) is 0.353. The minimum atomic E-state index is -0.466. The first-order chi connectivity index (χ1) is 13.2. The maximum absolute atomic E-state index is 12.6. The molecule has 0 atom stereocenters. The van der Waals surface area contributed by atoms with Crippen LogP contribution in [0.4, 0.5) is 5.95 Å². The van der Waals surface area contributed by atoms with Gasteiger partial charge < -0.3 is 5.11 Å². The number of halogens is 1. The van der Waals surface area contributed by atoms with E-state index in [2.05, 4.69) is 38.0 Å². The van der Waals surface area contributed by atoms with Crippen LogP contribution in [0, 0.1) is 0 Å². The molecule has 0 aliphatic heterocycles. The Morgan fingerprint density at radius 1 is 1.36 bits per heavy atom. The summed E-state index contributed by atoms with van der Waals surface area (Å²) in [5.41, 5.74) is 3.68. The highest BCUT2D eigenvalue weighted by Crippen LogP contribution is 2.21. The molecular weight excluding hydrogens is 428 g/mol. The monoisotopic (exact) mass is 446 g/mol. The van der Waals surface area contributed by atoms with Crippen LogP contribution < -0.4 is 16.7 Å². The number of anilines is 1. The molecule has 0 bridgehead atoms. The van der Waals surface area contributed by atoms with Gasteiger partial charge in [0.25, 0.3) is 5.56 Å². The number of fused-ring (bicyclic) bond motifs is 1. The van der Waals surface area contributed by atoms with E-state index in [9.17, 15) is 14.7 Å². The predicted molar refractivity (Wildman–Crippen MR) is 112 cm³/mol. The summed E-state index contributed by atoms with van der Waals surface area (Å²) in [4.78, 5) is 29.2. The zero-order chi connectivity index (χ0) is 20.6. The molecule has 2 N–H and O–H groups in total. The zero-order valence-electron chi connectivity index (χ0n) is 15.6. The van der Waals surface area contributed by atoms with E-state index in [1.807, 2.05) is 6.92 Å². The molecule has 2 aromatic heterocycles. The van der Waals surface area contributed by atoms with Crippen molar-refractivity contribution in [1.82, 2.24) is 18.7 Å². The second-order valence-electron chi connectivity index (χ2n) is 6.43. The summed E-state index contributed by atoms with van der Waals surface area (Å²) in [6.07, 6.45) is 1.43. The van der Waals surface area contributed by atoms with Gasteiger partial charge in [-0.2, -0.15) is 10.1 Å². The molecule has 28 heavy (non-hydrogen) atoms. The maximum Gasteiger partial charge on any atom is 0.332 e. The fourth-order valence-electron chi connectivity index (χ4n) is 2.74. The summed E-state index contributed by atoms with van der Waals surface area (Å²) in [7, 11) is 2.97. The lowest BCUT2D eigenvalue weighted by molar-refractivity contribution is 0.474. The molecule has 0 saturated carbocycles. The molecule has 0 unspecified atom stereocenters. The number of aromatic hydroxyl groups is 1. The maximum atomic E-state index is 12.6. The van der Waals surface area contributed by atoms with E-state index in [-0.39, 0.29) is 22.9 Å². The van der Waals surface area contributed by atoms with Crippen molar-refractivity contribution in [3.8, 4) is 5.75 Å². The van der Waals surface area contributed by atoms with Gasteiger partial charge in [0, 0.05) is 30.7 Å². The lowest BCUT2D eigenvalue weighted by Gasteiger charge is -2.08. The summed E-state index contributed by atoms with van der Waals surface area (Å²) in [5.74, 6) is 0.350. The number of hydrogen-bond acceptors (Lipinski definition) is 6. The number of aryl methyl sites for hydroxylation is 1. The number of phenolic OH excluding ortho intramolecular Hbond substituents is 1. The van der Waals surface area contributed by atoms with Crippen LogP contribution in [0.2, 0.25) is 0 Å².